The molecule has 0 unspecified atom stereocenters. The highest BCUT2D eigenvalue weighted by atomic mass is 35.5. The molecule has 3 nitrogen and oxygen atoms in total. The first kappa shape index (κ1) is 13.1. The minimum Gasteiger partial charge on any atom is -0.296 e. The van der Waals surface area contributed by atoms with Crippen LogP contribution in [0.4, 0.5) is 0 Å². The number of aryl methyl sites for hydroxylation is 2. The Hall–Kier alpha value is -1.87. The van der Waals surface area contributed by atoms with Crippen molar-refractivity contribution in [1.82, 2.24) is 14.5 Å². The zero-order valence-corrected chi connectivity index (χ0v) is 12.4. The summed E-state index contributed by atoms with van der Waals surface area (Å²) in [6.07, 6.45) is 4.34. The van der Waals surface area contributed by atoms with Crippen LogP contribution in [0.25, 0.3) is 16.7 Å². The minimum absolute atomic E-state index is 0.557. The van der Waals surface area contributed by atoms with E-state index in [4.69, 9.17) is 11.6 Å². The Balaban J connectivity index is 2.33. The van der Waals surface area contributed by atoms with Crippen molar-refractivity contribution < 1.29 is 0 Å². The van der Waals surface area contributed by atoms with Crippen molar-refractivity contribution >= 4 is 22.6 Å². The van der Waals surface area contributed by atoms with Crippen molar-refractivity contribution in [3.63, 3.8) is 0 Å². The fourth-order valence-corrected chi connectivity index (χ4v) is 2.65. The van der Waals surface area contributed by atoms with Crippen LogP contribution in [-0.4, -0.2) is 20.4 Å². The lowest BCUT2D eigenvalue weighted by Gasteiger charge is -2.13. The van der Waals surface area contributed by atoms with E-state index >= 15 is 0 Å². The first-order valence-corrected chi connectivity index (χ1v) is 7.19. The molecule has 0 fully saturated rings. The van der Waals surface area contributed by atoms with Crippen molar-refractivity contribution in [3.05, 3.63) is 53.6 Å². The van der Waals surface area contributed by atoms with Gasteiger partial charge < -0.3 is 0 Å². The van der Waals surface area contributed by atoms with Gasteiger partial charge in [0.25, 0.3) is 0 Å². The van der Waals surface area contributed by atoms with Gasteiger partial charge in [0.15, 0.2) is 0 Å². The van der Waals surface area contributed by atoms with E-state index in [1.54, 1.807) is 12.4 Å². The summed E-state index contributed by atoms with van der Waals surface area (Å²) in [7, 11) is 0. The molecule has 0 spiro atoms. The van der Waals surface area contributed by atoms with Crippen molar-refractivity contribution in [2.24, 2.45) is 0 Å². The van der Waals surface area contributed by atoms with Crippen LogP contribution in [0.2, 0.25) is 0 Å². The predicted molar refractivity (Wildman–Crippen MR) is 82.8 cm³/mol. The molecule has 0 amide bonds. The number of alkyl halides is 1. The fourth-order valence-electron chi connectivity index (χ4n) is 2.48. The summed E-state index contributed by atoms with van der Waals surface area (Å²) >= 11 is 5.93. The lowest BCUT2D eigenvalue weighted by molar-refractivity contribution is 0.905. The van der Waals surface area contributed by atoms with Gasteiger partial charge in [-0.25, -0.2) is 4.98 Å². The third-order valence-electron chi connectivity index (χ3n) is 3.66. The van der Waals surface area contributed by atoms with Gasteiger partial charge in [0.05, 0.1) is 17.4 Å². The van der Waals surface area contributed by atoms with E-state index in [0.29, 0.717) is 5.88 Å². The molecule has 4 heteroatoms. The number of rotatable bonds is 3. The fraction of sp³-hybridized carbons (Fsp3) is 0.250. The number of benzene rings is 1. The van der Waals surface area contributed by atoms with E-state index in [-0.39, 0.29) is 0 Å². The quantitative estimate of drug-likeness (QED) is 0.685. The molecule has 0 N–H and O–H groups in total. The van der Waals surface area contributed by atoms with Gasteiger partial charge in [-0.3, -0.25) is 9.55 Å². The summed E-state index contributed by atoms with van der Waals surface area (Å²) in [5, 5.41) is 0. The smallest absolute Gasteiger partial charge is 0.115 e. The molecular weight excluding hydrogens is 270 g/mol. The average Bonchev–Trinajstić information content (AvgIpc) is 2.80. The normalized spacial score (nSPS) is 11.2. The number of nitrogens with zero attached hydrogens (tertiary/aromatic N) is 3. The Morgan fingerprint density at radius 2 is 2.05 bits per heavy atom. The first-order chi connectivity index (χ1) is 9.72. The standard InChI is InChI=1S/C16H16ClN3/c1-11-4-3-5-14(12(11)2)20-15-7-9-18-10-13(15)19-16(20)6-8-17/h3-5,7,9-10H,6,8H2,1-2H3. The molecular formula is C16H16ClN3. The number of aromatic nitrogens is 3. The highest BCUT2D eigenvalue weighted by Gasteiger charge is 2.14. The van der Waals surface area contributed by atoms with Gasteiger partial charge in [0.2, 0.25) is 0 Å². The summed E-state index contributed by atoms with van der Waals surface area (Å²) in [4.78, 5) is 8.82. The molecule has 0 aliphatic heterocycles. The van der Waals surface area contributed by atoms with Crippen LogP contribution >= 0.6 is 11.6 Å². The van der Waals surface area contributed by atoms with Gasteiger partial charge in [0.1, 0.15) is 11.3 Å². The number of halogens is 1. The molecule has 2 aromatic heterocycles. The van der Waals surface area contributed by atoms with E-state index in [9.17, 15) is 0 Å². The van der Waals surface area contributed by atoms with E-state index in [0.717, 1.165) is 23.3 Å². The van der Waals surface area contributed by atoms with Crippen LogP contribution in [0, 0.1) is 13.8 Å². The largest absolute Gasteiger partial charge is 0.296 e. The van der Waals surface area contributed by atoms with Crippen LogP contribution in [0.5, 0.6) is 0 Å². The molecule has 0 saturated heterocycles. The summed E-state index contributed by atoms with van der Waals surface area (Å²) in [6, 6.07) is 8.33. The minimum atomic E-state index is 0.557. The average molecular weight is 286 g/mol. The van der Waals surface area contributed by atoms with E-state index < -0.39 is 0 Å². The monoisotopic (exact) mass is 285 g/mol. The van der Waals surface area contributed by atoms with Crippen molar-refractivity contribution in [1.29, 1.82) is 0 Å². The second-order valence-corrected chi connectivity index (χ2v) is 5.26. The van der Waals surface area contributed by atoms with Crippen molar-refractivity contribution in [3.8, 4) is 5.69 Å². The van der Waals surface area contributed by atoms with Crippen LogP contribution < -0.4 is 0 Å². The highest BCUT2D eigenvalue weighted by Crippen LogP contribution is 2.25. The lowest BCUT2D eigenvalue weighted by atomic mass is 10.1. The maximum atomic E-state index is 5.93. The Kier molecular flexibility index (Phi) is 3.45. The van der Waals surface area contributed by atoms with Gasteiger partial charge in [-0.1, -0.05) is 12.1 Å². The maximum Gasteiger partial charge on any atom is 0.115 e. The third kappa shape index (κ3) is 2.08. The second kappa shape index (κ2) is 5.25. The predicted octanol–water partition coefficient (Wildman–Crippen LogP) is 3.82. The molecule has 2 heterocycles. The first-order valence-electron chi connectivity index (χ1n) is 6.66. The summed E-state index contributed by atoms with van der Waals surface area (Å²) in [5.41, 5.74) is 5.69. The number of pyridine rings is 1. The molecule has 0 bridgehead atoms. The Morgan fingerprint density at radius 3 is 2.85 bits per heavy atom. The zero-order chi connectivity index (χ0) is 14.1. The molecule has 0 aliphatic rings. The lowest BCUT2D eigenvalue weighted by Crippen LogP contribution is -2.04. The van der Waals surface area contributed by atoms with E-state index in [1.807, 2.05) is 6.07 Å². The number of fused-ring (bicyclic) bond motifs is 1. The third-order valence-corrected chi connectivity index (χ3v) is 3.85. The molecule has 0 atom stereocenters. The number of hydrogen-bond donors (Lipinski definition) is 0. The van der Waals surface area contributed by atoms with Gasteiger partial charge >= 0.3 is 0 Å². The molecule has 1 aromatic carbocycles. The number of imidazole rings is 1. The van der Waals surface area contributed by atoms with Crippen molar-refractivity contribution in [2.45, 2.75) is 20.3 Å². The topological polar surface area (TPSA) is 30.7 Å². The van der Waals surface area contributed by atoms with E-state index in [2.05, 4.69) is 46.6 Å². The van der Waals surface area contributed by atoms with Crippen molar-refractivity contribution in [2.75, 3.05) is 5.88 Å². The van der Waals surface area contributed by atoms with Gasteiger partial charge in [-0.15, -0.1) is 11.6 Å². The van der Waals surface area contributed by atoms with Crippen LogP contribution in [0.3, 0.4) is 0 Å². The van der Waals surface area contributed by atoms with Crippen LogP contribution in [-0.2, 0) is 6.42 Å². The second-order valence-electron chi connectivity index (χ2n) is 4.89. The SMILES string of the molecule is Cc1cccc(-n2c(CCCl)nc3cnccc32)c1C. The molecule has 0 radical (unpaired) electrons. The van der Waals surface area contributed by atoms with Crippen LogP contribution in [0.1, 0.15) is 17.0 Å². The summed E-state index contributed by atoms with van der Waals surface area (Å²) in [5.74, 6) is 1.54. The highest BCUT2D eigenvalue weighted by molar-refractivity contribution is 6.17. The molecule has 102 valence electrons. The molecule has 0 aliphatic carbocycles. The molecule has 3 aromatic rings. The summed E-state index contributed by atoms with van der Waals surface area (Å²) in [6.45, 7) is 4.27. The molecule has 3 rings (SSSR count). The maximum absolute atomic E-state index is 5.93. The van der Waals surface area contributed by atoms with Gasteiger partial charge in [-0.2, -0.15) is 0 Å². The van der Waals surface area contributed by atoms with Gasteiger partial charge in [0, 0.05) is 18.5 Å². The Morgan fingerprint density at radius 1 is 1.20 bits per heavy atom. The molecule has 0 saturated carbocycles. The Labute approximate surface area is 123 Å². The number of hydrogen-bond acceptors (Lipinski definition) is 2. The zero-order valence-electron chi connectivity index (χ0n) is 11.6. The van der Waals surface area contributed by atoms with Crippen LogP contribution in [0.15, 0.2) is 36.7 Å². The van der Waals surface area contributed by atoms with E-state index in [1.165, 1.54) is 16.8 Å². The van der Waals surface area contributed by atoms with Gasteiger partial charge in [-0.05, 0) is 37.1 Å². The Bertz CT molecular complexity index is 762. The molecule has 20 heavy (non-hydrogen) atoms. The summed E-state index contributed by atoms with van der Waals surface area (Å²) < 4.78 is 2.20.